The SMILES string of the molecule is CCCN(CCC)C(=O)CCCC(=O)NCC1(c2ccc3c(c2)OCCO3)CCCC1. The molecule has 0 aromatic heterocycles. The molecule has 0 saturated heterocycles. The van der Waals surface area contributed by atoms with Crippen molar-refractivity contribution in [3.8, 4) is 11.5 Å². The zero-order valence-corrected chi connectivity index (χ0v) is 19.2. The Bertz CT molecular complexity index is 737. The van der Waals surface area contributed by atoms with Crippen LogP contribution in [0.4, 0.5) is 0 Å². The van der Waals surface area contributed by atoms with E-state index in [0.29, 0.717) is 39.0 Å². The summed E-state index contributed by atoms with van der Waals surface area (Å²) >= 11 is 0. The fourth-order valence-electron chi connectivity index (χ4n) is 4.81. The van der Waals surface area contributed by atoms with Gasteiger partial charge in [-0.05, 0) is 49.8 Å². The van der Waals surface area contributed by atoms with Gasteiger partial charge >= 0.3 is 0 Å². The van der Waals surface area contributed by atoms with Gasteiger partial charge in [0.1, 0.15) is 13.2 Å². The summed E-state index contributed by atoms with van der Waals surface area (Å²) in [6, 6.07) is 6.22. The molecule has 1 aliphatic heterocycles. The summed E-state index contributed by atoms with van der Waals surface area (Å²) < 4.78 is 11.4. The van der Waals surface area contributed by atoms with E-state index in [2.05, 4.69) is 31.3 Å². The van der Waals surface area contributed by atoms with E-state index in [9.17, 15) is 9.59 Å². The first-order chi connectivity index (χ1) is 15.1. The molecule has 0 unspecified atom stereocenters. The van der Waals surface area contributed by atoms with Crippen LogP contribution in [0.1, 0.15) is 77.2 Å². The van der Waals surface area contributed by atoms with E-state index in [1.807, 2.05) is 11.0 Å². The van der Waals surface area contributed by atoms with Gasteiger partial charge in [0.2, 0.25) is 11.8 Å². The number of amides is 2. The van der Waals surface area contributed by atoms with Crippen LogP contribution >= 0.6 is 0 Å². The molecule has 0 radical (unpaired) electrons. The Morgan fingerprint density at radius 1 is 1.00 bits per heavy atom. The highest BCUT2D eigenvalue weighted by Crippen LogP contribution is 2.43. The predicted molar refractivity (Wildman–Crippen MR) is 122 cm³/mol. The Morgan fingerprint density at radius 3 is 2.35 bits per heavy atom. The minimum absolute atomic E-state index is 0.0363. The molecule has 0 bridgehead atoms. The van der Waals surface area contributed by atoms with Gasteiger partial charge in [-0.3, -0.25) is 9.59 Å². The second kappa shape index (κ2) is 11.4. The molecule has 1 heterocycles. The second-order valence-electron chi connectivity index (χ2n) is 8.86. The standard InChI is InChI=1S/C25H38N2O4/c1-3-14-27(15-4-2)24(29)9-7-8-23(28)26-19-25(12-5-6-13-25)20-10-11-21-22(18-20)31-17-16-30-21/h10-11,18H,3-9,12-17,19H2,1-2H3,(H,26,28). The van der Waals surface area contributed by atoms with Crippen LogP contribution in [0.3, 0.4) is 0 Å². The van der Waals surface area contributed by atoms with Crippen LogP contribution in [0.2, 0.25) is 0 Å². The fourth-order valence-corrected chi connectivity index (χ4v) is 4.81. The summed E-state index contributed by atoms with van der Waals surface area (Å²) in [6.45, 7) is 7.58. The fraction of sp³-hybridized carbons (Fsp3) is 0.680. The number of hydrogen-bond donors (Lipinski definition) is 1. The smallest absolute Gasteiger partial charge is 0.222 e. The van der Waals surface area contributed by atoms with E-state index in [-0.39, 0.29) is 17.2 Å². The lowest BCUT2D eigenvalue weighted by Gasteiger charge is -2.31. The maximum absolute atomic E-state index is 12.5. The first-order valence-corrected chi connectivity index (χ1v) is 12.0. The van der Waals surface area contributed by atoms with Gasteiger partial charge in [-0.1, -0.05) is 32.8 Å². The molecule has 6 heteroatoms. The highest BCUT2D eigenvalue weighted by atomic mass is 16.6. The minimum Gasteiger partial charge on any atom is -0.486 e. The number of fused-ring (bicyclic) bond motifs is 1. The van der Waals surface area contributed by atoms with Gasteiger partial charge in [-0.15, -0.1) is 0 Å². The van der Waals surface area contributed by atoms with E-state index in [1.165, 1.54) is 18.4 Å². The van der Waals surface area contributed by atoms with Crippen molar-refractivity contribution >= 4 is 11.8 Å². The maximum atomic E-state index is 12.5. The Kier molecular flexibility index (Phi) is 8.61. The summed E-state index contributed by atoms with van der Waals surface area (Å²) in [5, 5.41) is 3.16. The van der Waals surface area contributed by atoms with Crippen molar-refractivity contribution in [1.82, 2.24) is 10.2 Å². The van der Waals surface area contributed by atoms with Crippen molar-refractivity contribution in [3.63, 3.8) is 0 Å². The van der Waals surface area contributed by atoms with Crippen LogP contribution < -0.4 is 14.8 Å². The molecule has 0 atom stereocenters. The predicted octanol–water partition coefficient (Wildman–Crippen LogP) is 4.20. The zero-order valence-electron chi connectivity index (χ0n) is 19.2. The van der Waals surface area contributed by atoms with E-state index in [1.54, 1.807) is 0 Å². The summed E-state index contributed by atoms with van der Waals surface area (Å²) in [5.74, 6) is 1.81. The maximum Gasteiger partial charge on any atom is 0.222 e. The average molecular weight is 431 g/mol. The molecule has 1 saturated carbocycles. The molecule has 1 fully saturated rings. The third-order valence-electron chi connectivity index (χ3n) is 6.47. The van der Waals surface area contributed by atoms with Crippen molar-refractivity contribution in [1.29, 1.82) is 0 Å². The van der Waals surface area contributed by atoms with Crippen molar-refractivity contribution in [2.75, 3.05) is 32.8 Å². The van der Waals surface area contributed by atoms with Gasteiger partial charge in [0.15, 0.2) is 11.5 Å². The topological polar surface area (TPSA) is 67.9 Å². The zero-order chi connectivity index (χ0) is 22.1. The van der Waals surface area contributed by atoms with Crippen molar-refractivity contribution in [2.24, 2.45) is 0 Å². The molecule has 1 aliphatic carbocycles. The van der Waals surface area contributed by atoms with Gasteiger partial charge in [-0.2, -0.15) is 0 Å². The quantitative estimate of drug-likeness (QED) is 0.571. The molecule has 2 aliphatic rings. The van der Waals surface area contributed by atoms with E-state index in [0.717, 1.165) is 50.3 Å². The Hall–Kier alpha value is -2.24. The monoisotopic (exact) mass is 430 g/mol. The molecular weight excluding hydrogens is 392 g/mol. The average Bonchev–Trinajstić information content (AvgIpc) is 3.27. The summed E-state index contributed by atoms with van der Waals surface area (Å²) in [4.78, 5) is 26.8. The van der Waals surface area contributed by atoms with Gasteiger partial charge < -0.3 is 19.7 Å². The Morgan fingerprint density at radius 2 is 1.68 bits per heavy atom. The van der Waals surface area contributed by atoms with Crippen molar-refractivity contribution in [2.45, 2.75) is 77.0 Å². The van der Waals surface area contributed by atoms with E-state index in [4.69, 9.17) is 9.47 Å². The van der Waals surface area contributed by atoms with Crippen LogP contribution in [0.25, 0.3) is 0 Å². The summed E-state index contributed by atoms with van der Waals surface area (Å²) in [5.41, 5.74) is 1.18. The van der Waals surface area contributed by atoms with Crippen LogP contribution in [0.5, 0.6) is 11.5 Å². The van der Waals surface area contributed by atoms with Crippen LogP contribution in [0, 0.1) is 0 Å². The lowest BCUT2D eigenvalue weighted by atomic mass is 9.78. The number of rotatable bonds is 11. The van der Waals surface area contributed by atoms with E-state index >= 15 is 0 Å². The van der Waals surface area contributed by atoms with Crippen LogP contribution in [-0.2, 0) is 15.0 Å². The lowest BCUT2D eigenvalue weighted by Crippen LogP contribution is -2.39. The van der Waals surface area contributed by atoms with E-state index < -0.39 is 0 Å². The van der Waals surface area contributed by atoms with Crippen molar-refractivity contribution < 1.29 is 19.1 Å². The van der Waals surface area contributed by atoms with Crippen LogP contribution in [-0.4, -0.2) is 49.6 Å². The van der Waals surface area contributed by atoms with Gasteiger partial charge in [-0.25, -0.2) is 0 Å². The van der Waals surface area contributed by atoms with Crippen LogP contribution in [0.15, 0.2) is 18.2 Å². The summed E-state index contributed by atoms with van der Waals surface area (Å²) in [6.07, 6.45) is 7.85. The molecule has 172 valence electrons. The molecule has 2 amide bonds. The normalized spacial score (nSPS) is 16.7. The molecule has 3 rings (SSSR count). The molecule has 0 spiro atoms. The lowest BCUT2D eigenvalue weighted by molar-refractivity contribution is -0.131. The van der Waals surface area contributed by atoms with Crippen molar-refractivity contribution in [3.05, 3.63) is 23.8 Å². The second-order valence-corrected chi connectivity index (χ2v) is 8.86. The number of ether oxygens (including phenoxy) is 2. The third kappa shape index (κ3) is 6.14. The molecule has 1 aromatic rings. The number of benzene rings is 1. The van der Waals surface area contributed by atoms with Gasteiger partial charge in [0.25, 0.3) is 0 Å². The molecule has 1 aromatic carbocycles. The molecule has 31 heavy (non-hydrogen) atoms. The minimum atomic E-state index is -0.0413. The summed E-state index contributed by atoms with van der Waals surface area (Å²) in [7, 11) is 0. The Labute approximate surface area is 186 Å². The highest BCUT2D eigenvalue weighted by Gasteiger charge is 2.36. The number of carbonyl (C=O) groups excluding carboxylic acids is 2. The number of carbonyl (C=O) groups is 2. The number of nitrogens with one attached hydrogen (secondary N) is 1. The first-order valence-electron chi connectivity index (χ1n) is 12.0. The molecule has 1 N–H and O–H groups in total. The first kappa shape index (κ1) is 23.4. The number of hydrogen-bond acceptors (Lipinski definition) is 4. The highest BCUT2D eigenvalue weighted by molar-refractivity contribution is 5.79. The number of nitrogens with zero attached hydrogens (tertiary/aromatic N) is 1. The third-order valence-corrected chi connectivity index (χ3v) is 6.47. The van der Waals surface area contributed by atoms with Gasteiger partial charge in [0, 0.05) is 37.9 Å². The largest absolute Gasteiger partial charge is 0.486 e. The Balaban J connectivity index is 1.51. The van der Waals surface area contributed by atoms with Gasteiger partial charge in [0.05, 0.1) is 0 Å². The molecular formula is C25H38N2O4. The molecule has 6 nitrogen and oxygen atoms in total.